The van der Waals surface area contributed by atoms with Gasteiger partial charge in [0.25, 0.3) is 0 Å². The smallest absolute Gasteiger partial charge is 0.128 e. The Morgan fingerprint density at radius 2 is 1.94 bits per heavy atom. The van der Waals surface area contributed by atoms with Crippen LogP contribution in [-0.2, 0) is 11.3 Å². The van der Waals surface area contributed by atoms with E-state index in [1.807, 2.05) is 0 Å². The molecule has 0 fully saturated rings. The second kappa shape index (κ2) is 6.01. The van der Waals surface area contributed by atoms with Crippen LogP contribution in [-0.4, -0.2) is 19.0 Å². The minimum atomic E-state index is 0.262. The Morgan fingerprint density at radius 3 is 2.50 bits per heavy atom. The lowest BCUT2D eigenvalue weighted by molar-refractivity contribution is 0.0796. The largest absolute Gasteiger partial charge is 0.273 e. The fourth-order valence-electron chi connectivity index (χ4n) is 2.17. The van der Waals surface area contributed by atoms with E-state index in [9.17, 15) is 0 Å². The third-order valence-electron chi connectivity index (χ3n) is 3.19. The van der Waals surface area contributed by atoms with Crippen molar-refractivity contribution in [2.75, 3.05) is 13.2 Å². The number of hydrogen-bond donors (Lipinski definition) is 1. The zero-order valence-corrected chi connectivity index (χ0v) is 11.4. The van der Waals surface area contributed by atoms with Crippen molar-refractivity contribution in [3.05, 3.63) is 35.4 Å². The molecule has 0 aliphatic carbocycles. The Morgan fingerprint density at radius 1 is 1.22 bits per heavy atom. The molecule has 0 saturated carbocycles. The summed E-state index contributed by atoms with van der Waals surface area (Å²) in [6.45, 7) is 8.04. The number of rotatable bonds is 4. The van der Waals surface area contributed by atoms with Crippen LogP contribution >= 0.6 is 0 Å². The number of amidine groups is 1. The van der Waals surface area contributed by atoms with Crippen molar-refractivity contribution >= 4 is 5.84 Å². The fraction of sp³-hybridized carbons (Fsp3) is 0.533. The summed E-state index contributed by atoms with van der Waals surface area (Å²) in [6, 6.07) is 8.83. The zero-order chi connectivity index (χ0) is 13.0. The second-order valence-electron chi connectivity index (χ2n) is 5.28. The number of nitrogens with zero attached hydrogens (tertiary/aromatic N) is 1. The standard InChI is InChI=1S/C15H22N2O/c1-11(2)10-13-4-6-14(7-5-13)12(3)15-16-8-9-18-17-15/h4-7,11-12H,8-10H2,1-3H3,(H,16,17)/t12-/m1/s1. The number of hydrogen-bond acceptors (Lipinski definition) is 3. The summed E-state index contributed by atoms with van der Waals surface area (Å²) in [4.78, 5) is 9.68. The van der Waals surface area contributed by atoms with Gasteiger partial charge in [-0.2, -0.15) is 0 Å². The van der Waals surface area contributed by atoms with Crippen molar-refractivity contribution in [1.29, 1.82) is 0 Å². The van der Waals surface area contributed by atoms with E-state index in [1.54, 1.807) is 0 Å². The van der Waals surface area contributed by atoms with Gasteiger partial charge in [-0.3, -0.25) is 15.3 Å². The first kappa shape index (κ1) is 13.1. The van der Waals surface area contributed by atoms with Crippen LogP contribution in [0.4, 0.5) is 0 Å². The summed E-state index contributed by atoms with van der Waals surface area (Å²) in [5, 5.41) is 0. The molecule has 0 saturated heterocycles. The maximum absolute atomic E-state index is 5.22. The first-order chi connectivity index (χ1) is 8.66. The molecule has 18 heavy (non-hydrogen) atoms. The molecule has 1 N–H and O–H groups in total. The molecular weight excluding hydrogens is 224 g/mol. The minimum Gasteiger partial charge on any atom is -0.273 e. The molecule has 0 spiro atoms. The van der Waals surface area contributed by atoms with Gasteiger partial charge in [0.2, 0.25) is 0 Å². The molecule has 0 amide bonds. The summed E-state index contributed by atoms with van der Waals surface area (Å²) in [6.07, 6.45) is 1.14. The molecule has 98 valence electrons. The predicted molar refractivity (Wildman–Crippen MR) is 74.8 cm³/mol. The van der Waals surface area contributed by atoms with Crippen LogP contribution in [0.3, 0.4) is 0 Å². The van der Waals surface area contributed by atoms with Gasteiger partial charge in [-0.25, -0.2) is 0 Å². The first-order valence-corrected chi connectivity index (χ1v) is 6.68. The van der Waals surface area contributed by atoms with Crippen molar-refractivity contribution in [3.8, 4) is 0 Å². The van der Waals surface area contributed by atoms with E-state index < -0.39 is 0 Å². The Labute approximate surface area is 109 Å². The molecule has 0 radical (unpaired) electrons. The summed E-state index contributed by atoms with van der Waals surface area (Å²) in [5.41, 5.74) is 5.59. The molecule has 3 heteroatoms. The average Bonchev–Trinajstić information content (AvgIpc) is 2.39. The molecule has 1 aliphatic rings. The lowest BCUT2D eigenvalue weighted by atomic mass is 9.96. The van der Waals surface area contributed by atoms with Crippen LogP contribution in [0.2, 0.25) is 0 Å². The van der Waals surface area contributed by atoms with Gasteiger partial charge in [0.15, 0.2) is 0 Å². The van der Waals surface area contributed by atoms with Gasteiger partial charge in [0.05, 0.1) is 13.2 Å². The monoisotopic (exact) mass is 246 g/mol. The van der Waals surface area contributed by atoms with Gasteiger partial charge in [-0.15, -0.1) is 0 Å². The summed E-state index contributed by atoms with van der Waals surface area (Å²) < 4.78 is 0. The minimum absolute atomic E-state index is 0.262. The highest BCUT2D eigenvalue weighted by molar-refractivity contribution is 5.88. The van der Waals surface area contributed by atoms with Gasteiger partial charge >= 0.3 is 0 Å². The molecule has 1 aromatic rings. The van der Waals surface area contributed by atoms with Crippen LogP contribution in [0.5, 0.6) is 0 Å². The van der Waals surface area contributed by atoms with Gasteiger partial charge in [-0.05, 0) is 23.5 Å². The SMILES string of the molecule is CC(C)Cc1ccc([C@@H](C)C2=NCCON2)cc1. The normalized spacial score (nSPS) is 17.2. The molecule has 1 aromatic carbocycles. The van der Waals surface area contributed by atoms with Crippen LogP contribution in [0.25, 0.3) is 0 Å². The third kappa shape index (κ3) is 3.33. The Hall–Kier alpha value is -1.35. The predicted octanol–water partition coefficient (Wildman–Crippen LogP) is 2.92. The van der Waals surface area contributed by atoms with E-state index in [0.717, 1.165) is 18.8 Å². The zero-order valence-electron chi connectivity index (χ0n) is 11.4. The van der Waals surface area contributed by atoms with Gasteiger partial charge < -0.3 is 0 Å². The molecule has 3 nitrogen and oxygen atoms in total. The third-order valence-corrected chi connectivity index (χ3v) is 3.19. The summed E-state index contributed by atoms with van der Waals surface area (Å²) in [5.74, 6) is 1.89. The maximum atomic E-state index is 5.22. The van der Waals surface area contributed by atoms with E-state index in [1.165, 1.54) is 11.1 Å². The highest BCUT2D eigenvalue weighted by atomic mass is 16.6. The number of aliphatic imine (C=N–C) groups is 1. The van der Waals surface area contributed by atoms with E-state index >= 15 is 0 Å². The van der Waals surface area contributed by atoms with Crippen LogP contribution in [0, 0.1) is 5.92 Å². The van der Waals surface area contributed by atoms with E-state index in [-0.39, 0.29) is 5.92 Å². The lowest BCUT2D eigenvalue weighted by Crippen LogP contribution is -2.33. The number of nitrogens with one attached hydrogen (secondary N) is 1. The Bertz CT molecular complexity index is 409. The number of hydroxylamine groups is 1. The Kier molecular flexibility index (Phi) is 4.37. The molecule has 1 aliphatic heterocycles. The molecule has 0 bridgehead atoms. The topological polar surface area (TPSA) is 33.6 Å². The van der Waals surface area contributed by atoms with E-state index in [0.29, 0.717) is 12.5 Å². The van der Waals surface area contributed by atoms with Crippen molar-refractivity contribution < 1.29 is 4.84 Å². The summed E-state index contributed by atoms with van der Waals surface area (Å²) in [7, 11) is 0. The second-order valence-corrected chi connectivity index (χ2v) is 5.28. The van der Waals surface area contributed by atoms with Crippen molar-refractivity contribution in [2.24, 2.45) is 10.9 Å². The number of benzene rings is 1. The molecular formula is C15H22N2O. The van der Waals surface area contributed by atoms with Crippen molar-refractivity contribution in [2.45, 2.75) is 33.1 Å². The molecule has 0 aromatic heterocycles. The molecule has 2 rings (SSSR count). The van der Waals surface area contributed by atoms with Crippen molar-refractivity contribution in [1.82, 2.24) is 5.48 Å². The van der Waals surface area contributed by atoms with Crippen molar-refractivity contribution in [3.63, 3.8) is 0 Å². The molecule has 0 unspecified atom stereocenters. The Balaban J connectivity index is 2.06. The van der Waals surface area contributed by atoms with Crippen LogP contribution in [0.15, 0.2) is 29.3 Å². The maximum Gasteiger partial charge on any atom is 0.128 e. The van der Waals surface area contributed by atoms with Gasteiger partial charge in [0, 0.05) is 5.92 Å². The molecule has 1 atom stereocenters. The van der Waals surface area contributed by atoms with Crippen LogP contribution in [0.1, 0.15) is 37.8 Å². The summed E-state index contributed by atoms with van der Waals surface area (Å²) >= 11 is 0. The first-order valence-electron chi connectivity index (χ1n) is 6.68. The quantitative estimate of drug-likeness (QED) is 0.886. The van der Waals surface area contributed by atoms with E-state index in [2.05, 4.69) is 55.5 Å². The molecule has 1 heterocycles. The fourth-order valence-corrected chi connectivity index (χ4v) is 2.17. The lowest BCUT2D eigenvalue weighted by Gasteiger charge is -2.20. The highest BCUT2D eigenvalue weighted by Gasteiger charge is 2.15. The van der Waals surface area contributed by atoms with Gasteiger partial charge in [0.1, 0.15) is 5.84 Å². The van der Waals surface area contributed by atoms with E-state index in [4.69, 9.17) is 4.84 Å². The van der Waals surface area contributed by atoms with Gasteiger partial charge in [-0.1, -0.05) is 45.0 Å². The average molecular weight is 246 g/mol. The van der Waals surface area contributed by atoms with Crippen LogP contribution < -0.4 is 5.48 Å². The highest BCUT2D eigenvalue weighted by Crippen LogP contribution is 2.19.